The highest BCUT2D eigenvalue weighted by atomic mass is 16.7. The first-order chi connectivity index (χ1) is 15.1. The molecule has 174 valence electrons. The summed E-state index contributed by atoms with van der Waals surface area (Å²) in [6.45, 7) is 4.11. The number of carbonyl (C=O) groups excluding carboxylic acids is 5. The molecule has 0 unspecified atom stereocenters. The summed E-state index contributed by atoms with van der Waals surface area (Å²) < 4.78 is 26.5. The van der Waals surface area contributed by atoms with Crippen LogP contribution in [0, 0.1) is 0 Å². The van der Waals surface area contributed by atoms with Crippen molar-refractivity contribution in [3.63, 3.8) is 0 Å². The number of nitrogens with one attached hydrogen (secondary N) is 1. The van der Waals surface area contributed by atoms with Crippen LogP contribution >= 0.6 is 0 Å². The average Bonchev–Trinajstić information content (AvgIpc) is 2.70. The quantitative estimate of drug-likeness (QED) is 0.435. The minimum Gasteiger partial charge on any atom is -0.463 e. The van der Waals surface area contributed by atoms with Crippen molar-refractivity contribution in [1.82, 2.24) is 10.3 Å². The Morgan fingerprint density at radius 2 is 1.56 bits per heavy atom. The van der Waals surface area contributed by atoms with Crippen molar-refractivity contribution in [2.24, 2.45) is 0 Å². The van der Waals surface area contributed by atoms with Gasteiger partial charge in [-0.3, -0.25) is 29.0 Å². The van der Waals surface area contributed by atoms with Crippen LogP contribution in [0.2, 0.25) is 0 Å². The van der Waals surface area contributed by atoms with Gasteiger partial charge in [-0.25, -0.2) is 0 Å². The van der Waals surface area contributed by atoms with Gasteiger partial charge in [0.15, 0.2) is 12.2 Å². The van der Waals surface area contributed by atoms with Crippen LogP contribution in [0.25, 0.3) is 0 Å². The second kappa shape index (κ2) is 11.2. The molecule has 12 nitrogen and oxygen atoms in total. The van der Waals surface area contributed by atoms with Crippen LogP contribution in [0.3, 0.4) is 0 Å². The van der Waals surface area contributed by atoms with Gasteiger partial charge in [0.25, 0.3) is 5.91 Å². The molecule has 0 radical (unpaired) electrons. The summed E-state index contributed by atoms with van der Waals surface area (Å²) in [5.74, 6) is -3.54. The number of amides is 1. The number of rotatable bonds is 7. The third kappa shape index (κ3) is 7.01. The minimum atomic E-state index is -1.45. The molecule has 0 aliphatic carbocycles. The van der Waals surface area contributed by atoms with Gasteiger partial charge >= 0.3 is 23.9 Å². The van der Waals surface area contributed by atoms with Crippen LogP contribution in [0.15, 0.2) is 24.5 Å². The largest absolute Gasteiger partial charge is 0.463 e. The number of carbonyl (C=O) groups is 5. The van der Waals surface area contributed by atoms with Crippen molar-refractivity contribution in [2.75, 3.05) is 6.61 Å². The van der Waals surface area contributed by atoms with E-state index in [9.17, 15) is 24.0 Å². The Kier molecular flexibility index (Phi) is 8.64. The van der Waals surface area contributed by atoms with Crippen molar-refractivity contribution in [2.45, 2.75) is 58.3 Å². The zero-order valence-electron chi connectivity index (χ0n) is 17.9. The van der Waals surface area contributed by atoms with Crippen molar-refractivity contribution in [1.29, 1.82) is 0 Å². The third-order valence-corrected chi connectivity index (χ3v) is 4.20. The highest BCUT2D eigenvalue weighted by molar-refractivity contribution is 5.94. The summed E-state index contributed by atoms with van der Waals surface area (Å²) in [6, 6.07) is 1.75. The van der Waals surface area contributed by atoms with E-state index in [0.717, 1.165) is 27.7 Å². The van der Waals surface area contributed by atoms with Crippen LogP contribution < -0.4 is 5.32 Å². The van der Waals surface area contributed by atoms with Gasteiger partial charge in [-0.05, 0) is 12.1 Å². The summed E-state index contributed by atoms with van der Waals surface area (Å²) >= 11 is 0. The minimum absolute atomic E-state index is 0.168. The van der Waals surface area contributed by atoms with E-state index in [4.69, 9.17) is 23.7 Å². The predicted molar refractivity (Wildman–Crippen MR) is 104 cm³/mol. The molecule has 1 aromatic rings. The molecule has 1 aliphatic heterocycles. The first-order valence-corrected chi connectivity index (χ1v) is 9.59. The molecule has 1 fully saturated rings. The van der Waals surface area contributed by atoms with Crippen LogP contribution in [0.4, 0.5) is 0 Å². The molecule has 2 rings (SSSR count). The molecule has 5 atom stereocenters. The summed E-state index contributed by atoms with van der Waals surface area (Å²) in [6.07, 6.45) is -2.47. The maximum atomic E-state index is 12.7. The molecular formula is C20H24N2O10. The molecule has 12 heteroatoms. The Morgan fingerprint density at radius 1 is 0.938 bits per heavy atom. The van der Waals surface area contributed by atoms with Gasteiger partial charge in [-0.15, -0.1) is 0 Å². The molecule has 1 saturated heterocycles. The standard InChI is InChI=1S/C20H24N2O10/c1-10(23)28-9-15-17(29-11(2)24)18(30-12(3)25)16(20(32-15)31-13(4)26)22-19(27)14-6-5-7-21-8-14/h5-8,15-18,20H,9H2,1-4H3,(H,22,27)/t15-,16-,17+,18-,20-/m1/s1. The Bertz CT molecular complexity index is 859. The Labute approximate surface area is 183 Å². The predicted octanol–water partition coefficient (Wildman–Crippen LogP) is -0.105. The number of pyridine rings is 1. The lowest BCUT2D eigenvalue weighted by Crippen LogP contribution is -2.67. The topological polar surface area (TPSA) is 156 Å². The summed E-state index contributed by atoms with van der Waals surface area (Å²) in [4.78, 5) is 63.1. The van der Waals surface area contributed by atoms with Crippen molar-refractivity contribution in [3.05, 3.63) is 30.1 Å². The van der Waals surface area contributed by atoms with E-state index < -0.39 is 67.0 Å². The van der Waals surface area contributed by atoms with Crippen LogP contribution in [-0.2, 0) is 42.9 Å². The average molecular weight is 452 g/mol. The van der Waals surface area contributed by atoms with E-state index in [0.29, 0.717) is 0 Å². The van der Waals surface area contributed by atoms with E-state index in [-0.39, 0.29) is 5.56 Å². The fourth-order valence-electron chi connectivity index (χ4n) is 3.05. The second-order valence-electron chi connectivity index (χ2n) is 6.84. The van der Waals surface area contributed by atoms with E-state index in [1.807, 2.05) is 0 Å². The SMILES string of the molecule is CC(=O)OC[C@H]1O[C@@H](OC(C)=O)[C@H](NC(=O)c2cccnc2)[C@@H](OC(C)=O)[C@H]1OC(C)=O. The molecule has 1 aliphatic rings. The van der Waals surface area contributed by atoms with Crippen molar-refractivity contribution < 1.29 is 47.7 Å². The first kappa shape index (κ1) is 24.7. The molecule has 1 N–H and O–H groups in total. The van der Waals surface area contributed by atoms with Crippen LogP contribution in [0.1, 0.15) is 38.1 Å². The van der Waals surface area contributed by atoms with Gasteiger partial charge in [-0.2, -0.15) is 0 Å². The zero-order valence-corrected chi connectivity index (χ0v) is 17.9. The van der Waals surface area contributed by atoms with Crippen molar-refractivity contribution in [3.8, 4) is 0 Å². The van der Waals surface area contributed by atoms with Gasteiger partial charge in [0, 0.05) is 40.1 Å². The number of hydrogen-bond acceptors (Lipinski definition) is 11. The van der Waals surface area contributed by atoms with E-state index >= 15 is 0 Å². The highest BCUT2D eigenvalue weighted by Gasteiger charge is 2.52. The molecule has 32 heavy (non-hydrogen) atoms. The summed E-state index contributed by atoms with van der Waals surface area (Å²) in [7, 11) is 0. The zero-order chi connectivity index (χ0) is 23.8. The maximum Gasteiger partial charge on any atom is 0.305 e. The number of hydrogen-bond donors (Lipinski definition) is 1. The van der Waals surface area contributed by atoms with Gasteiger partial charge in [0.1, 0.15) is 18.8 Å². The fraction of sp³-hybridized carbons (Fsp3) is 0.500. The lowest BCUT2D eigenvalue weighted by atomic mass is 9.95. The monoisotopic (exact) mass is 452 g/mol. The lowest BCUT2D eigenvalue weighted by Gasteiger charge is -2.44. The number of nitrogens with zero attached hydrogens (tertiary/aromatic N) is 1. The normalized spacial score (nSPS) is 24.6. The van der Waals surface area contributed by atoms with Gasteiger partial charge in [0.2, 0.25) is 6.29 Å². The molecule has 0 aromatic carbocycles. The Balaban J connectivity index is 2.44. The van der Waals surface area contributed by atoms with Crippen LogP contribution in [0.5, 0.6) is 0 Å². The van der Waals surface area contributed by atoms with Crippen LogP contribution in [-0.4, -0.2) is 72.0 Å². The molecule has 0 spiro atoms. The van der Waals surface area contributed by atoms with E-state index in [1.54, 1.807) is 0 Å². The Hall–Kier alpha value is -3.54. The number of ether oxygens (including phenoxy) is 5. The third-order valence-electron chi connectivity index (χ3n) is 4.20. The second-order valence-corrected chi connectivity index (χ2v) is 6.84. The molecule has 2 heterocycles. The molecule has 0 bridgehead atoms. The molecule has 0 saturated carbocycles. The molecular weight excluding hydrogens is 428 g/mol. The van der Waals surface area contributed by atoms with Crippen molar-refractivity contribution >= 4 is 29.8 Å². The molecule has 1 amide bonds. The molecule has 1 aromatic heterocycles. The lowest BCUT2D eigenvalue weighted by molar-refractivity contribution is -0.270. The first-order valence-electron chi connectivity index (χ1n) is 9.59. The number of esters is 4. The fourth-order valence-corrected chi connectivity index (χ4v) is 3.05. The van der Waals surface area contributed by atoms with E-state index in [1.165, 1.54) is 24.5 Å². The van der Waals surface area contributed by atoms with Gasteiger partial charge in [-0.1, -0.05) is 0 Å². The maximum absolute atomic E-state index is 12.7. The smallest absolute Gasteiger partial charge is 0.305 e. The van der Waals surface area contributed by atoms with E-state index in [2.05, 4.69) is 10.3 Å². The van der Waals surface area contributed by atoms with Gasteiger partial charge in [0.05, 0.1) is 5.56 Å². The highest BCUT2D eigenvalue weighted by Crippen LogP contribution is 2.28. The summed E-state index contributed by atoms with van der Waals surface area (Å²) in [5, 5.41) is 2.58. The van der Waals surface area contributed by atoms with Gasteiger partial charge < -0.3 is 29.0 Å². The Morgan fingerprint density at radius 3 is 2.09 bits per heavy atom. The summed E-state index contributed by atoms with van der Waals surface area (Å²) in [5.41, 5.74) is 0.168. The number of aromatic nitrogens is 1.